The average Bonchev–Trinajstić information content (AvgIpc) is 3.09. The van der Waals surface area contributed by atoms with Gasteiger partial charge in [0.05, 0.1) is 24.5 Å². The number of benzene rings is 2. The number of anilines is 1. The van der Waals surface area contributed by atoms with E-state index in [-0.39, 0.29) is 11.7 Å². The van der Waals surface area contributed by atoms with E-state index in [0.717, 1.165) is 22.7 Å². The molecule has 152 valence electrons. The Hall–Kier alpha value is -3.00. The smallest absolute Gasteiger partial charge is 0.234 e. The zero-order valence-corrected chi connectivity index (χ0v) is 17.5. The molecule has 1 aromatic heterocycles. The maximum atomic E-state index is 12.3. The van der Waals surface area contributed by atoms with Crippen molar-refractivity contribution >= 4 is 23.4 Å². The van der Waals surface area contributed by atoms with E-state index in [2.05, 4.69) is 15.5 Å². The minimum atomic E-state index is -0.113. The van der Waals surface area contributed by atoms with Gasteiger partial charge in [-0.3, -0.25) is 4.79 Å². The zero-order chi connectivity index (χ0) is 20.6. The summed E-state index contributed by atoms with van der Waals surface area (Å²) < 4.78 is 13.0. The molecule has 3 aromatic rings. The minimum Gasteiger partial charge on any atom is -0.494 e. The molecule has 1 amide bonds. The number of hydrogen-bond acceptors (Lipinski definition) is 6. The number of ether oxygens (including phenoxy) is 2. The molecule has 0 bridgehead atoms. The summed E-state index contributed by atoms with van der Waals surface area (Å²) in [7, 11) is 1.88. The van der Waals surface area contributed by atoms with Crippen LogP contribution >= 0.6 is 11.8 Å². The van der Waals surface area contributed by atoms with Crippen molar-refractivity contribution in [1.29, 1.82) is 0 Å². The van der Waals surface area contributed by atoms with Crippen molar-refractivity contribution in [1.82, 2.24) is 14.8 Å². The molecule has 0 atom stereocenters. The fraction of sp³-hybridized carbons (Fsp3) is 0.286. The molecule has 0 fully saturated rings. The summed E-state index contributed by atoms with van der Waals surface area (Å²) in [6.07, 6.45) is 0. The molecular formula is C21H24N4O3S. The van der Waals surface area contributed by atoms with Crippen LogP contribution in [0.4, 0.5) is 5.69 Å². The minimum absolute atomic E-state index is 0.113. The molecule has 0 aliphatic carbocycles. The second-order valence-electron chi connectivity index (χ2n) is 6.09. The Morgan fingerprint density at radius 1 is 1.03 bits per heavy atom. The average molecular weight is 413 g/mol. The number of hydrogen-bond donors (Lipinski definition) is 1. The summed E-state index contributed by atoms with van der Waals surface area (Å²) in [6.45, 7) is 5.05. The van der Waals surface area contributed by atoms with Crippen LogP contribution in [0.1, 0.15) is 13.8 Å². The number of carbonyl (C=O) groups excluding carboxylic acids is 1. The van der Waals surface area contributed by atoms with Crippen LogP contribution in [0.15, 0.2) is 53.7 Å². The molecule has 0 unspecified atom stereocenters. The zero-order valence-electron chi connectivity index (χ0n) is 16.7. The highest BCUT2D eigenvalue weighted by molar-refractivity contribution is 7.99. The molecule has 3 rings (SSSR count). The second kappa shape index (κ2) is 9.97. The van der Waals surface area contributed by atoms with Crippen LogP contribution in [-0.2, 0) is 11.8 Å². The topological polar surface area (TPSA) is 78.3 Å². The van der Waals surface area contributed by atoms with Gasteiger partial charge in [-0.1, -0.05) is 23.9 Å². The van der Waals surface area contributed by atoms with Gasteiger partial charge in [0.25, 0.3) is 0 Å². The fourth-order valence-electron chi connectivity index (χ4n) is 2.74. The van der Waals surface area contributed by atoms with Gasteiger partial charge in [0.15, 0.2) is 11.0 Å². The maximum absolute atomic E-state index is 12.3. The van der Waals surface area contributed by atoms with Gasteiger partial charge in [0.2, 0.25) is 5.91 Å². The summed E-state index contributed by atoms with van der Waals surface area (Å²) in [6, 6.07) is 15.0. The van der Waals surface area contributed by atoms with Crippen LogP contribution in [0.25, 0.3) is 11.4 Å². The highest BCUT2D eigenvalue weighted by atomic mass is 32.2. The summed E-state index contributed by atoms with van der Waals surface area (Å²) in [5, 5.41) is 12.0. The molecule has 2 aromatic carbocycles. The molecule has 29 heavy (non-hydrogen) atoms. The standard InChI is InChI=1S/C21H24N4O3S/c1-4-27-16-12-10-15(11-13-16)22-19(26)14-29-21-24-23-20(25(21)3)17-8-6-7-9-18(17)28-5-2/h6-13H,4-5,14H2,1-3H3,(H,22,26). The van der Waals surface area contributed by atoms with Crippen molar-refractivity contribution in [3.8, 4) is 22.9 Å². The van der Waals surface area contributed by atoms with Crippen molar-refractivity contribution in [2.45, 2.75) is 19.0 Å². The first kappa shape index (κ1) is 20.7. The second-order valence-corrected chi connectivity index (χ2v) is 7.03. The van der Waals surface area contributed by atoms with E-state index in [0.29, 0.717) is 24.2 Å². The Balaban J connectivity index is 1.62. The quantitative estimate of drug-likeness (QED) is 0.535. The third-order valence-electron chi connectivity index (χ3n) is 4.04. The Bertz CT molecular complexity index is 957. The number of thioether (sulfide) groups is 1. The molecule has 0 radical (unpaired) electrons. The van der Waals surface area contributed by atoms with E-state index in [1.807, 2.05) is 74.0 Å². The van der Waals surface area contributed by atoms with Gasteiger partial charge in [-0.2, -0.15) is 0 Å². The van der Waals surface area contributed by atoms with Gasteiger partial charge >= 0.3 is 0 Å². The molecule has 1 N–H and O–H groups in total. The first-order chi connectivity index (χ1) is 14.1. The largest absolute Gasteiger partial charge is 0.494 e. The highest BCUT2D eigenvalue weighted by Gasteiger charge is 2.16. The molecule has 1 heterocycles. The van der Waals surface area contributed by atoms with Gasteiger partial charge in [-0.05, 0) is 50.2 Å². The summed E-state index contributed by atoms with van der Waals surface area (Å²) in [5.41, 5.74) is 1.60. The van der Waals surface area contributed by atoms with E-state index in [9.17, 15) is 4.79 Å². The summed E-state index contributed by atoms with van der Waals surface area (Å²) in [5.74, 6) is 2.35. The molecule has 0 aliphatic heterocycles. The van der Waals surface area contributed by atoms with Crippen molar-refractivity contribution in [2.75, 3.05) is 24.3 Å². The number of nitrogens with zero attached hydrogens (tertiary/aromatic N) is 3. The molecule has 7 nitrogen and oxygen atoms in total. The molecule has 0 saturated heterocycles. The fourth-order valence-corrected chi connectivity index (χ4v) is 3.45. The molecule has 0 saturated carbocycles. The summed E-state index contributed by atoms with van der Waals surface area (Å²) >= 11 is 1.33. The summed E-state index contributed by atoms with van der Waals surface area (Å²) in [4.78, 5) is 12.3. The van der Waals surface area contributed by atoms with Crippen LogP contribution in [0.3, 0.4) is 0 Å². The number of rotatable bonds is 9. The predicted octanol–water partition coefficient (Wildman–Crippen LogP) is 4.01. The van der Waals surface area contributed by atoms with Gasteiger partial charge in [0.1, 0.15) is 11.5 Å². The van der Waals surface area contributed by atoms with Crippen LogP contribution in [0.5, 0.6) is 11.5 Å². The third-order valence-corrected chi connectivity index (χ3v) is 5.06. The van der Waals surface area contributed by atoms with E-state index in [1.54, 1.807) is 0 Å². The van der Waals surface area contributed by atoms with Gasteiger partial charge in [-0.15, -0.1) is 10.2 Å². The normalized spacial score (nSPS) is 10.6. The molecular weight excluding hydrogens is 388 g/mol. The predicted molar refractivity (Wildman–Crippen MR) is 115 cm³/mol. The number of amides is 1. The molecule has 0 spiro atoms. The third kappa shape index (κ3) is 5.29. The van der Waals surface area contributed by atoms with Crippen LogP contribution in [0.2, 0.25) is 0 Å². The van der Waals surface area contributed by atoms with Crippen molar-refractivity contribution in [3.63, 3.8) is 0 Å². The maximum Gasteiger partial charge on any atom is 0.234 e. The van der Waals surface area contributed by atoms with E-state index < -0.39 is 0 Å². The lowest BCUT2D eigenvalue weighted by molar-refractivity contribution is -0.113. The van der Waals surface area contributed by atoms with Crippen molar-refractivity contribution < 1.29 is 14.3 Å². The van der Waals surface area contributed by atoms with Gasteiger partial charge < -0.3 is 19.4 Å². The van der Waals surface area contributed by atoms with Crippen LogP contribution in [0, 0.1) is 0 Å². The lowest BCUT2D eigenvalue weighted by atomic mass is 10.2. The first-order valence-electron chi connectivity index (χ1n) is 9.39. The molecule has 8 heteroatoms. The van der Waals surface area contributed by atoms with E-state index in [1.165, 1.54) is 11.8 Å². The Morgan fingerprint density at radius 3 is 2.48 bits per heavy atom. The van der Waals surface area contributed by atoms with Crippen LogP contribution in [-0.4, -0.2) is 39.6 Å². The van der Waals surface area contributed by atoms with E-state index >= 15 is 0 Å². The number of nitrogens with one attached hydrogen (secondary N) is 1. The monoisotopic (exact) mass is 412 g/mol. The SMILES string of the molecule is CCOc1ccc(NC(=O)CSc2nnc(-c3ccccc3OCC)n2C)cc1. The highest BCUT2D eigenvalue weighted by Crippen LogP contribution is 2.30. The van der Waals surface area contributed by atoms with E-state index in [4.69, 9.17) is 9.47 Å². The lowest BCUT2D eigenvalue weighted by Crippen LogP contribution is -2.14. The Labute approximate surface area is 174 Å². The van der Waals surface area contributed by atoms with Crippen LogP contribution < -0.4 is 14.8 Å². The lowest BCUT2D eigenvalue weighted by Gasteiger charge is -2.10. The van der Waals surface area contributed by atoms with Crippen molar-refractivity contribution in [2.24, 2.45) is 7.05 Å². The van der Waals surface area contributed by atoms with Gasteiger partial charge in [0, 0.05) is 12.7 Å². The first-order valence-corrected chi connectivity index (χ1v) is 10.4. The Morgan fingerprint density at radius 2 is 1.76 bits per heavy atom. The van der Waals surface area contributed by atoms with Crippen molar-refractivity contribution in [3.05, 3.63) is 48.5 Å². The number of carbonyl (C=O) groups is 1. The number of aromatic nitrogens is 3. The van der Waals surface area contributed by atoms with Gasteiger partial charge in [-0.25, -0.2) is 0 Å². The Kier molecular flexibility index (Phi) is 7.13. The molecule has 0 aliphatic rings. The number of para-hydroxylation sites is 1.